The molecule has 2 aromatic carbocycles. The summed E-state index contributed by atoms with van der Waals surface area (Å²) < 4.78 is 16.2. The van der Waals surface area contributed by atoms with E-state index in [1.54, 1.807) is 0 Å². The number of aryl methyl sites for hydroxylation is 1. The van der Waals surface area contributed by atoms with Crippen LogP contribution < -0.4 is 24.8 Å². The molecule has 0 aromatic heterocycles. The fourth-order valence-electron chi connectivity index (χ4n) is 2.12. The van der Waals surface area contributed by atoms with Crippen LogP contribution >= 0.6 is 12.2 Å². The quantitative estimate of drug-likeness (QED) is 0.649. The van der Waals surface area contributed by atoms with Crippen LogP contribution in [0.25, 0.3) is 0 Å². The summed E-state index contributed by atoms with van der Waals surface area (Å²) in [5.74, 6) is 2.33. The topological polar surface area (TPSA) is 51.8 Å². The van der Waals surface area contributed by atoms with Crippen LogP contribution in [0, 0.1) is 6.92 Å². The summed E-state index contributed by atoms with van der Waals surface area (Å²) >= 11 is 5.26. The molecule has 0 aliphatic carbocycles. The summed E-state index contributed by atoms with van der Waals surface area (Å²) in [7, 11) is 0. The van der Waals surface area contributed by atoms with E-state index in [0.717, 1.165) is 22.9 Å². The lowest BCUT2D eigenvalue weighted by molar-refractivity contribution is 0.174. The van der Waals surface area contributed by atoms with Crippen molar-refractivity contribution >= 4 is 23.0 Å². The number of thiocarbonyl (C=S) groups is 1. The van der Waals surface area contributed by atoms with Gasteiger partial charge in [0.05, 0.1) is 6.54 Å². The van der Waals surface area contributed by atoms with Crippen molar-refractivity contribution in [2.24, 2.45) is 0 Å². The molecule has 0 radical (unpaired) electrons. The lowest BCUT2D eigenvalue weighted by Gasteiger charge is -2.12. The van der Waals surface area contributed by atoms with Crippen molar-refractivity contribution in [2.75, 3.05) is 25.3 Å². The van der Waals surface area contributed by atoms with Crippen molar-refractivity contribution in [3.05, 3.63) is 48.0 Å². The van der Waals surface area contributed by atoms with Gasteiger partial charge in [-0.05, 0) is 43.4 Å². The zero-order valence-corrected chi connectivity index (χ0v) is 13.6. The van der Waals surface area contributed by atoms with Crippen molar-refractivity contribution in [2.45, 2.75) is 6.92 Å². The second kappa shape index (κ2) is 7.19. The van der Waals surface area contributed by atoms with Gasteiger partial charge in [-0.25, -0.2) is 0 Å². The summed E-state index contributed by atoms with van der Waals surface area (Å²) in [6.07, 6.45) is 0. The Balaban J connectivity index is 1.40. The Labute approximate surface area is 140 Å². The predicted molar refractivity (Wildman–Crippen MR) is 93.5 cm³/mol. The third-order valence-electron chi connectivity index (χ3n) is 3.31. The molecule has 23 heavy (non-hydrogen) atoms. The normalized spacial score (nSPS) is 11.9. The SMILES string of the molecule is Cc1ccc(OCCNC(=S)Nc2ccc3c(c2)OCO3)cc1. The number of nitrogens with one attached hydrogen (secondary N) is 2. The van der Waals surface area contributed by atoms with Gasteiger partial charge in [-0.2, -0.15) is 0 Å². The lowest BCUT2D eigenvalue weighted by atomic mass is 10.2. The molecule has 1 aliphatic rings. The lowest BCUT2D eigenvalue weighted by Crippen LogP contribution is -2.31. The standard InChI is InChI=1S/C17H18N2O3S/c1-12-2-5-14(6-3-12)20-9-8-18-17(23)19-13-4-7-15-16(10-13)22-11-21-15/h2-7,10H,8-9,11H2,1H3,(H2,18,19,23). The van der Waals surface area contributed by atoms with Crippen LogP contribution in [0.15, 0.2) is 42.5 Å². The Morgan fingerprint density at radius 3 is 2.74 bits per heavy atom. The highest BCUT2D eigenvalue weighted by Gasteiger charge is 2.13. The van der Waals surface area contributed by atoms with Gasteiger partial charge in [0.1, 0.15) is 12.4 Å². The summed E-state index contributed by atoms with van der Waals surface area (Å²) in [4.78, 5) is 0. The summed E-state index contributed by atoms with van der Waals surface area (Å²) in [5.41, 5.74) is 2.07. The number of hydrogen-bond acceptors (Lipinski definition) is 4. The molecule has 0 unspecified atom stereocenters. The maximum absolute atomic E-state index is 5.64. The monoisotopic (exact) mass is 330 g/mol. The summed E-state index contributed by atoms with van der Waals surface area (Å²) in [6, 6.07) is 13.6. The highest BCUT2D eigenvalue weighted by Crippen LogP contribution is 2.34. The zero-order chi connectivity index (χ0) is 16.1. The van der Waals surface area contributed by atoms with Crippen molar-refractivity contribution in [3.63, 3.8) is 0 Å². The number of ether oxygens (including phenoxy) is 3. The van der Waals surface area contributed by atoms with Gasteiger partial charge in [0.15, 0.2) is 16.6 Å². The van der Waals surface area contributed by atoms with Crippen molar-refractivity contribution in [3.8, 4) is 17.2 Å². The smallest absolute Gasteiger partial charge is 0.231 e. The number of fused-ring (bicyclic) bond motifs is 1. The van der Waals surface area contributed by atoms with Crippen LogP contribution in [0.3, 0.4) is 0 Å². The van der Waals surface area contributed by atoms with Gasteiger partial charge in [-0.15, -0.1) is 0 Å². The third kappa shape index (κ3) is 4.26. The summed E-state index contributed by atoms with van der Waals surface area (Å²) in [5, 5.41) is 6.75. The molecule has 120 valence electrons. The first-order valence-corrected chi connectivity index (χ1v) is 7.75. The fourth-order valence-corrected chi connectivity index (χ4v) is 2.34. The number of benzene rings is 2. The molecule has 5 nitrogen and oxygen atoms in total. The molecular weight excluding hydrogens is 312 g/mol. The Bertz CT molecular complexity index is 689. The van der Waals surface area contributed by atoms with E-state index in [4.69, 9.17) is 26.4 Å². The van der Waals surface area contributed by atoms with E-state index in [1.807, 2.05) is 49.4 Å². The van der Waals surface area contributed by atoms with E-state index in [1.165, 1.54) is 5.56 Å². The van der Waals surface area contributed by atoms with Gasteiger partial charge < -0.3 is 24.8 Å². The zero-order valence-electron chi connectivity index (χ0n) is 12.8. The average Bonchev–Trinajstić information content (AvgIpc) is 3.01. The first-order chi connectivity index (χ1) is 11.2. The molecule has 1 heterocycles. The molecule has 6 heteroatoms. The van der Waals surface area contributed by atoms with E-state index in [2.05, 4.69) is 10.6 Å². The van der Waals surface area contributed by atoms with E-state index < -0.39 is 0 Å². The highest BCUT2D eigenvalue weighted by molar-refractivity contribution is 7.80. The second-order valence-corrected chi connectivity index (χ2v) is 5.52. The molecule has 0 bridgehead atoms. The van der Waals surface area contributed by atoms with Crippen molar-refractivity contribution in [1.29, 1.82) is 0 Å². The maximum Gasteiger partial charge on any atom is 0.231 e. The van der Waals surface area contributed by atoms with Crippen LogP contribution in [0.5, 0.6) is 17.2 Å². The fraction of sp³-hybridized carbons (Fsp3) is 0.235. The van der Waals surface area contributed by atoms with Gasteiger partial charge in [0, 0.05) is 11.8 Å². The number of hydrogen-bond donors (Lipinski definition) is 2. The number of anilines is 1. The van der Waals surface area contributed by atoms with Crippen molar-refractivity contribution in [1.82, 2.24) is 5.32 Å². The second-order valence-electron chi connectivity index (χ2n) is 5.11. The largest absolute Gasteiger partial charge is 0.492 e. The third-order valence-corrected chi connectivity index (χ3v) is 3.55. The van der Waals surface area contributed by atoms with E-state index >= 15 is 0 Å². The van der Waals surface area contributed by atoms with E-state index in [-0.39, 0.29) is 6.79 Å². The van der Waals surface area contributed by atoms with Crippen molar-refractivity contribution < 1.29 is 14.2 Å². The Morgan fingerprint density at radius 1 is 1.13 bits per heavy atom. The molecule has 2 aromatic rings. The van der Waals surface area contributed by atoms with E-state index in [9.17, 15) is 0 Å². The van der Waals surface area contributed by atoms with Crippen LogP contribution in [0.4, 0.5) is 5.69 Å². The number of rotatable bonds is 5. The van der Waals surface area contributed by atoms with Crippen LogP contribution in [0.1, 0.15) is 5.56 Å². The Kier molecular flexibility index (Phi) is 4.83. The molecule has 0 spiro atoms. The van der Waals surface area contributed by atoms with Gasteiger partial charge >= 0.3 is 0 Å². The molecule has 0 amide bonds. The molecule has 0 saturated heterocycles. The maximum atomic E-state index is 5.64. The highest BCUT2D eigenvalue weighted by atomic mass is 32.1. The minimum Gasteiger partial charge on any atom is -0.492 e. The van der Waals surface area contributed by atoms with Gasteiger partial charge in [-0.1, -0.05) is 17.7 Å². The molecule has 3 rings (SSSR count). The van der Waals surface area contributed by atoms with E-state index in [0.29, 0.717) is 18.3 Å². The predicted octanol–water partition coefficient (Wildman–Crippen LogP) is 3.09. The molecule has 0 saturated carbocycles. The molecule has 2 N–H and O–H groups in total. The van der Waals surface area contributed by atoms with Crippen LogP contribution in [0.2, 0.25) is 0 Å². The molecular formula is C17H18N2O3S. The van der Waals surface area contributed by atoms with Gasteiger partial charge in [0.2, 0.25) is 6.79 Å². The minimum absolute atomic E-state index is 0.262. The Hall–Kier alpha value is -2.47. The van der Waals surface area contributed by atoms with Crippen LogP contribution in [-0.2, 0) is 0 Å². The molecule has 0 atom stereocenters. The van der Waals surface area contributed by atoms with Gasteiger partial charge in [0.25, 0.3) is 0 Å². The first kappa shape index (κ1) is 15.4. The molecule has 1 aliphatic heterocycles. The average molecular weight is 330 g/mol. The first-order valence-electron chi connectivity index (χ1n) is 7.35. The Morgan fingerprint density at radius 2 is 1.91 bits per heavy atom. The molecule has 0 fully saturated rings. The van der Waals surface area contributed by atoms with Crippen LogP contribution in [-0.4, -0.2) is 25.1 Å². The summed E-state index contributed by atoms with van der Waals surface area (Å²) in [6.45, 7) is 3.46. The minimum atomic E-state index is 0.262. The van der Waals surface area contributed by atoms with Gasteiger partial charge in [-0.3, -0.25) is 0 Å².